The summed E-state index contributed by atoms with van der Waals surface area (Å²) in [6, 6.07) is 9.98. The molecule has 1 aromatic carbocycles. The molecule has 1 aromatic rings. The molecule has 0 radical (unpaired) electrons. The first-order valence-corrected chi connectivity index (χ1v) is 5.72. The molecule has 0 amide bonds. The van der Waals surface area contributed by atoms with Gasteiger partial charge in [-0.1, -0.05) is 50.1 Å². The Morgan fingerprint density at radius 3 is 2.60 bits per heavy atom. The Morgan fingerprint density at radius 1 is 1.40 bits per heavy atom. The van der Waals surface area contributed by atoms with Crippen LogP contribution in [0.4, 0.5) is 0 Å². The molecule has 0 saturated heterocycles. The largest absolute Gasteiger partial charge is 0.198 e. The topological polar surface area (TPSA) is 23.8 Å². The molecule has 0 aromatic heterocycles. The van der Waals surface area contributed by atoms with Gasteiger partial charge in [0.2, 0.25) is 0 Å². The average Bonchev–Trinajstić information content (AvgIpc) is 2.22. The molecule has 0 heterocycles. The lowest BCUT2D eigenvalue weighted by Gasteiger charge is -2.18. The number of benzene rings is 1. The van der Waals surface area contributed by atoms with Crippen LogP contribution in [0.5, 0.6) is 0 Å². The fourth-order valence-corrected chi connectivity index (χ4v) is 2.11. The highest BCUT2D eigenvalue weighted by molar-refractivity contribution is 6.31. The minimum atomic E-state index is -0.0846. The summed E-state index contributed by atoms with van der Waals surface area (Å²) in [7, 11) is 0. The second-order valence-electron chi connectivity index (χ2n) is 3.89. The van der Waals surface area contributed by atoms with Gasteiger partial charge in [0.1, 0.15) is 0 Å². The van der Waals surface area contributed by atoms with Crippen LogP contribution in [-0.2, 0) is 0 Å². The maximum Gasteiger partial charge on any atom is 0.0752 e. The maximum atomic E-state index is 9.19. The van der Waals surface area contributed by atoms with Crippen molar-refractivity contribution in [2.45, 2.75) is 32.6 Å². The zero-order valence-corrected chi connectivity index (χ0v) is 9.96. The number of hydrogen-bond donors (Lipinski definition) is 0. The SMILES string of the molecule is CCCC(C)C(C#N)c1ccccc1Cl. The minimum absolute atomic E-state index is 0.0846. The standard InChI is InChI=1S/C13H16ClN/c1-3-6-10(2)12(9-15)11-7-4-5-8-13(11)14/h4-5,7-8,10,12H,3,6H2,1-2H3. The van der Waals surface area contributed by atoms with Gasteiger partial charge >= 0.3 is 0 Å². The van der Waals surface area contributed by atoms with E-state index in [9.17, 15) is 5.26 Å². The van der Waals surface area contributed by atoms with Crippen molar-refractivity contribution in [1.29, 1.82) is 5.26 Å². The summed E-state index contributed by atoms with van der Waals surface area (Å²) in [4.78, 5) is 0. The molecule has 1 rings (SSSR count). The van der Waals surface area contributed by atoms with E-state index < -0.39 is 0 Å². The summed E-state index contributed by atoms with van der Waals surface area (Å²) in [5, 5.41) is 9.89. The van der Waals surface area contributed by atoms with Crippen molar-refractivity contribution in [3.63, 3.8) is 0 Å². The molecule has 15 heavy (non-hydrogen) atoms. The molecule has 0 N–H and O–H groups in total. The van der Waals surface area contributed by atoms with Crippen LogP contribution >= 0.6 is 11.6 Å². The van der Waals surface area contributed by atoms with E-state index >= 15 is 0 Å². The van der Waals surface area contributed by atoms with Crippen LogP contribution in [0.15, 0.2) is 24.3 Å². The van der Waals surface area contributed by atoms with Crippen molar-refractivity contribution in [1.82, 2.24) is 0 Å². The molecule has 80 valence electrons. The van der Waals surface area contributed by atoms with Crippen molar-refractivity contribution in [3.05, 3.63) is 34.9 Å². The van der Waals surface area contributed by atoms with E-state index in [0.29, 0.717) is 10.9 Å². The number of nitrogens with zero attached hydrogens (tertiary/aromatic N) is 1. The third-order valence-electron chi connectivity index (χ3n) is 2.69. The Kier molecular flexibility index (Phi) is 4.65. The maximum absolute atomic E-state index is 9.19. The normalized spacial score (nSPS) is 14.3. The predicted molar refractivity (Wildman–Crippen MR) is 63.9 cm³/mol. The van der Waals surface area contributed by atoms with Crippen molar-refractivity contribution >= 4 is 11.6 Å². The van der Waals surface area contributed by atoms with Gasteiger partial charge in [0.15, 0.2) is 0 Å². The molecule has 2 atom stereocenters. The third kappa shape index (κ3) is 2.97. The van der Waals surface area contributed by atoms with Gasteiger partial charge in [-0.3, -0.25) is 0 Å². The van der Waals surface area contributed by atoms with Crippen molar-refractivity contribution in [2.75, 3.05) is 0 Å². The second-order valence-corrected chi connectivity index (χ2v) is 4.30. The monoisotopic (exact) mass is 221 g/mol. The van der Waals surface area contributed by atoms with Crippen LogP contribution in [0.1, 0.15) is 38.2 Å². The molecular weight excluding hydrogens is 206 g/mol. The lowest BCUT2D eigenvalue weighted by atomic mass is 9.86. The van der Waals surface area contributed by atoms with Crippen molar-refractivity contribution < 1.29 is 0 Å². The van der Waals surface area contributed by atoms with Crippen LogP contribution in [0.2, 0.25) is 5.02 Å². The van der Waals surface area contributed by atoms with E-state index in [2.05, 4.69) is 19.9 Å². The smallest absolute Gasteiger partial charge is 0.0752 e. The van der Waals surface area contributed by atoms with E-state index in [1.165, 1.54) is 0 Å². The van der Waals surface area contributed by atoms with E-state index in [-0.39, 0.29) is 5.92 Å². The lowest BCUT2D eigenvalue weighted by molar-refractivity contribution is 0.484. The molecule has 0 aliphatic heterocycles. The van der Waals surface area contributed by atoms with Crippen LogP contribution in [0.3, 0.4) is 0 Å². The molecule has 0 fully saturated rings. The first-order valence-electron chi connectivity index (χ1n) is 5.34. The first kappa shape index (κ1) is 12.1. The molecule has 0 saturated carbocycles. The van der Waals surface area contributed by atoms with Crippen LogP contribution < -0.4 is 0 Å². The van der Waals surface area contributed by atoms with E-state index in [4.69, 9.17) is 11.6 Å². The average molecular weight is 222 g/mol. The van der Waals surface area contributed by atoms with Crippen molar-refractivity contribution in [3.8, 4) is 6.07 Å². The highest BCUT2D eigenvalue weighted by Gasteiger charge is 2.20. The van der Waals surface area contributed by atoms with Gasteiger partial charge in [0.05, 0.1) is 12.0 Å². The number of hydrogen-bond acceptors (Lipinski definition) is 1. The summed E-state index contributed by atoms with van der Waals surface area (Å²) < 4.78 is 0. The molecule has 0 aliphatic carbocycles. The molecule has 0 aliphatic rings. The second kappa shape index (κ2) is 5.78. The molecule has 0 spiro atoms. The lowest BCUT2D eigenvalue weighted by Crippen LogP contribution is -2.08. The minimum Gasteiger partial charge on any atom is -0.198 e. The number of halogens is 1. The summed E-state index contributed by atoms with van der Waals surface area (Å²) in [6.45, 7) is 4.25. The van der Waals surface area contributed by atoms with Gasteiger partial charge in [0, 0.05) is 5.02 Å². The van der Waals surface area contributed by atoms with Gasteiger partial charge in [-0.05, 0) is 24.0 Å². The van der Waals surface area contributed by atoms with Gasteiger partial charge in [-0.25, -0.2) is 0 Å². The zero-order chi connectivity index (χ0) is 11.3. The molecule has 0 bridgehead atoms. The Morgan fingerprint density at radius 2 is 2.07 bits per heavy atom. The molecule has 2 unspecified atom stereocenters. The third-order valence-corrected chi connectivity index (χ3v) is 3.04. The zero-order valence-electron chi connectivity index (χ0n) is 9.20. The summed E-state index contributed by atoms with van der Waals surface area (Å²) in [5.74, 6) is 0.276. The number of rotatable bonds is 4. The van der Waals surface area contributed by atoms with E-state index in [1.54, 1.807) is 0 Å². The molecule has 2 heteroatoms. The van der Waals surface area contributed by atoms with Crippen molar-refractivity contribution in [2.24, 2.45) is 5.92 Å². The Hall–Kier alpha value is -1.00. The highest BCUT2D eigenvalue weighted by atomic mass is 35.5. The Bertz CT molecular complexity index is 354. The van der Waals surface area contributed by atoms with Gasteiger partial charge < -0.3 is 0 Å². The fourth-order valence-electron chi connectivity index (χ4n) is 1.85. The van der Waals surface area contributed by atoms with Gasteiger partial charge in [-0.2, -0.15) is 5.26 Å². The Labute approximate surface area is 96.7 Å². The van der Waals surface area contributed by atoms with E-state index in [0.717, 1.165) is 18.4 Å². The Balaban J connectivity index is 2.94. The van der Waals surface area contributed by atoms with E-state index in [1.807, 2.05) is 24.3 Å². The fraction of sp³-hybridized carbons (Fsp3) is 0.462. The number of nitriles is 1. The molecular formula is C13H16ClN. The highest BCUT2D eigenvalue weighted by Crippen LogP contribution is 2.31. The summed E-state index contributed by atoms with van der Waals surface area (Å²) in [5.41, 5.74) is 0.961. The van der Waals surface area contributed by atoms with Crippen LogP contribution in [0, 0.1) is 17.2 Å². The summed E-state index contributed by atoms with van der Waals surface area (Å²) >= 11 is 6.09. The quantitative estimate of drug-likeness (QED) is 0.740. The van der Waals surface area contributed by atoms with Crippen LogP contribution in [0.25, 0.3) is 0 Å². The van der Waals surface area contributed by atoms with Gasteiger partial charge in [0.25, 0.3) is 0 Å². The van der Waals surface area contributed by atoms with Crippen LogP contribution in [-0.4, -0.2) is 0 Å². The predicted octanol–water partition coefficient (Wildman–Crippen LogP) is 4.38. The van der Waals surface area contributed by atoms with Gasteiger partial charge in [-0.15, -0.1) is 0 Å². The first-order chi connectivity index (χ1) is 7.20. The summed E-state index contributed by atoms with van der Waals surface area (Å²) in [6.07, 6.45) is 2.16. The molecule has 1 nitrogen and oxygen atoms in total.